The molecule has 1 aromatic rings. The van der Waals surface area contributed by atoms with Crippen molar-refractivity contribution < 1.29 is 9.59 Å². The van der Waals surface area contributed by atoms with Gasteiger partial charge in [0.05, 0.1) is 0 Å². The number of rotatable bonds is 5. The van der Waals surface area contributed by atoms with Crippen LogP contribution >= 0.6 is 28.3 Å². The topological polar surface area (TPSA) is 61.4 Å². The van der Waals surface area contributed by atoms with Crippen LogP contribution in [-0.2, 0) is 4.79 Å². The van der Waals surface area contributed by atoms with Crippen LogP contribution in [0.2, 0.25) is 0 Å². The molecule has 0 saturated carbocycles. The summed E-state index contributed by atoms with van der Waals surface area (Å²) in [6.45, 7) is 1.93. The highest BCUT2D eigenvalue weighted by Crippen LogP contribution is 2.21. The van der Waals surface area contributed by atoms with Crippen LogP contribution in [0, 0.1) is 0 Å². The number of likely N-dealkylation sites (tertiary alicyclic amines) is 1. The highest BCUT2D eigenvalue weighted by molar-refractivity contribution is 9.10. The second-order valence-corrected chi connectivity index (χ2v) is 5.97. The summed E-state index contributed by atoms with van der Waals surface area (Å²) in [6, 6.07) is 6.89. The first kappa shape index (κ1) is 18.9. The number of hydrogen-bond acceptors (Lipinski definition) is 3. The van der Waals surface area contributed by atoms with E-state index in [0.717, 1.165) is 23.9 Å². The molecule has 1 saturated heterocycles. The molecule has 1 aromatic carbocycles. The number of likely N-dealkylation sites (N-methyl/N-ethyl adjacent to an activating group) is 1. The monoisotopic (exact) mass is 389 g/mol. The summed E-state index contributed by atoms with van der Waals surface area (Å²) in [7, 11) is 1.84. The molecule has 1 aliphatic heterocycles. The van der Waals surface area contributed by atoms with Crippen molar-refractivity contribution in [2.75, 3.05) is 26.7 Å². The van der Waals surface area contributed by atoms with E-state index in [9.17, 15) is 9.59 Å². The number of carbonyl (C=O) groups is 2. The van der Waals surface area contributed by atoms with E-state index in [1.807, 2.05) is 19.2 Å². The maximum Gasteiger partial charge on any atom is 0.254 e. The van der Waals surface area contributed by atoms with Crippen molar-refractivity contribution in [1.82, 2.24) is 15.5 Å². The molecule has 0 spiro atoms. The number of carbonyl (C=O) groups excluding carboxylic acids is 2. The quantitative estimate of drug-likeness (QED) is 0.754. The fraction of sp³-hybridized carbons (Fsp3) is 0.467. The number of nitrogens with zero attached hydrogens (tertiary/aromatic N) is 1. The number of amides is 2. The minimum absolute atomic E-state index is 0. The fourth-order valence-electron chi connectivity index (χ4n) is 2.47. The van der Waals surface area contributed by atoms with Crippen LogP contribution in [0.4, 0.5) is 0 Å². The van der Waals surface area contributed by atoms with Gasteiger partial charge in [-0.25, -0.2) is 0 Å². The van der Waals surface area contributed by atoms with Gasteiger partial charge in [0, 0.05) is 29.7 Å². The summed E-state index contributed by atoms with van der Waals surface area (Å²) in [5, 5.41) is 5.85. The van der Waals surface area contributed by atoms with Gasteiger partial charge >= 0.3 is 0 Å². The Morgan fingerprint density at radius 2 is 1.95 bits per heavy atom. The van der Waals surface area contributed by atoms with Crippen LogP contribution in [0.5, 0.6) is 0 Å². The standard InChI is InChI=1S/C15H20BrN3O2.ClH/c1-17-8-9-18-14(20)13-3-2-10-19(13)15(21)11-4-6-12(16)7-5-11;/h4-7,13,17H,2-3,8-10H2,1H3,(H,18,20);1H. The molecule has 0 aromatic heterocycles. The molecule has 2 rings (SSSR count). The van der Waals surface area contributed by atoms with E-state index >= 15 is 0 Å². The molecule has 0 radical (unpaired) electrons. The lowest BCUT2D eigenvalue weighted by Crippen LogP contribution is -2.47. The molecule has 122 valence electrons. The highest BCUT2D eigenvalue weighted by Gasteiger charge is 2.34. The Bertz CT molecular complexity index is 510. The predicted molar refractivity (Wildman–Crippen MR) is 92.4 cm³/mol. The van der Waals surface area contributed by atoms with E-state index in [4.69, 9.17) is 0 Å². The van der Waals surface area contributed by atoms with Gasteiger partial charge in [0.2, 0.25) is 5.91 Å². The second kappa shape index (κ2) is 9.12. The van der Waals surface area contributed by atoms with Crippen LogP contribution in [0.15, 0.2) is 28.7 Å². The lowest BCUT2D eigenvalue weighted by atomic mass is 10.1. The predicted octanol–water partition coefficient (Wildman–Crippen LogP) is 1.81. The largest absolute Gasteiger partial charge is 0.353 e. The van der Waals surface area contributed by atoms with Crippen molar-refractivity contribution in [3.05, 3.63) is 34.3 Å². The Morgan fingerprint density at radius 3 is 2.59 bits per heavy atom. The molecule has 1 unspecified atom stereocenters. The molecule has 7 heteroatoms. The SMILES string of the molecule is CNCCNC(=O)C1CCCN1C(=O)c1ccc(Br)cc1.Cl. The van der Waals surface area contributed by atoms with Crippen LogP contribution in [0.25, 0.3) is 0 Å². The minimum atomic E-state index is -0.349. The summed E-state index contributed by atoms with van der Waals surface area (Å²) in [6.07, 6.45) is 1.60. The van der Waals surface area contributed by atoms with Crippen molar-refractivity contribution in [2.24, 2.45) is 0 Å². The van der Waals surface area contributed by atoms with Gasteiger partial charge in [-0.2, -0.15) is 0 Å². The Labute approximate surface area is 145 Å². The molecule has 22 heavy (non-hydrogen) atoms. The zero-order valence-electron chi connectivity index (χ0n) is 12.5. The van der Waals surface area contributed by atoms with Crippen molar-refractivity contribution in [3.8, 4) is 0 Å². The molecule has 1 heterocycles. The highest BCUT2D eigenvalue weighted by atomic mass is 79.9. The van der Waals surface area contributed by atoms with E-state index in [1.54, 1.807) is 17.0 Å². The molecule has 5 nitrogen and oxygen atoms in total. The number of benzene rings is 1. The summed E-state index contributed by atoms with van der Waals surface area (Å²) < 4.78 is 0.932. The molecular formula is C15H21BrClN3O2. The summed E-state index contributed by atoms with van der Waals surface area (Å²) in [5.41, 5.74) is 0.619. The number of halogens is 2. The summed E-state index contributed by atoms with van der Waals surface area (Å²) in [5.74, 6) is -0.137. The van der Waals surface area contributed by atoms with E-state index in [-0.39, 0.29) is 30.3 Å². The van der Waals surface area contributed by atoms with Crippen LogP contribution in [-0.4, -0.2) is 49.4 Å². The lowest BCUT2D eigenvalue weighted by molar-refractivity contribution is -0.124. The van der Waals surface area contributed by atoms with Gasteiger partial charge < -0.3 is 15.5 Å². The van der Waals surface area contributed by atoms with E-state index < -0.39 is 0 Å². The Balaban J connectivity index is 0.00000242. The first-order chi connectivity index (χ1) is 10.1. The maximum absolute atomic E-state index is 12.5. The first-order valence-corrected chi connectivity index (χ1v) is 7.91. The van der Waals surface area contributed by atoms with Gasteiger partial charge in [0.25, 0.3) is 5.91 Å². The zero-order valence-corrected chi connectivity index (χ0v) is 14.9. The van der Waals surface area contributed by atoms with Gasteiger partial charge in [-0.15, -0.1) is 12.4 Å². The Hall–Kier alpha value is -1.11. The third kappa shape index (κ3) is 4.69. The van der Waals surface area contributed by atoms with Crippen molar-refractivity contribution in [2.45, 2.75) is 18.9 Å². The number of hydrogen-bond donors (Lipinski definition) is 2. The van der Waals surface area contributed by atoms with E-state index in [2.05, 4.69) is 26.6 Å². The smallest absolute Gasteiger partial charge is 0.254 e. The summed E-state index contributed by atoms with van der Waals surface area (Å²) in [4.78, 5) is 26.4. The van der Waals surface area contributed by atoms with Gasteiger partial charge in [0.1, 0.15) is 6.04 Å². The van der Waals surface area contributed by atoms with E-state index in [0.29, 0.717) is 18.7 Å². The van der Waals surface area contributed by atoms with Crippen LogP contribution in [0.3, 0.4) is 0 Å². The third-order valence-corrected chi connectivity index (χ3v) is 4.11. The fourth-order valence-corrected chi connectivity index (χ4v) is 2.73. The van der Waals surface area contributed by atoms with Gasteiger partial charge in [-0.3, -0.25) is 9.59 Å². The first-order valence-electron chi connectivity index (χ1n) is 7.12. The number of nitrogens with one attached hydrogen (secondary N) is 2. The average Bonchev–Trinajstić information content (AvgIpc) is 2.97. The minimum Gasteiger partial charge on any atom is -0.353 e. The van der Waals surface area contributed by atoms with Crippen molar-refractivity contribution in [3.63, 3.8) is 0 Å². The Kier molecular flexibility index (Phi) is 7.85. The van der Waals surface area contributed by atoms with E-state index in [1.165, 1.54) is 0 Å². The molecule has 2 amide bonds. The lowest BCUT2D eigenvalue weighted by Gasteiger charge is -2.24. The summed E-state index contributed by atoms with van der Waals surface area (Å²) >= 11 is 3.35. The zero-order chi connectivity index (χ0) is 15.2. The average molecular weight is 391 g/mol. The van der Waals surface area contributed by atoms with Crippen LogP contribution in [0.1, 0.15) is 23.2 Å². The van der Waals surface area contributed by atoms with Gasteiger partial charge in [-0.05, 0) is 44.2 Å². The molecule has 0 aliphatic carbocycles. The van der Waals surface area contributed by atoms with Gasteiger partial charge in [-0.1, -0.05) is 15.9 Å². The molecule has 1 atom stereocenters. The maximum atomic E-state index is 12.5. The molecular weight excluding hydrogens is 370 g/mol. The molecule has 2 N–H and O–H groups in total. The third-order valence-electron chi connectivity index (χ3n) is 3.58. The van der Waals surface area contributed by atoms with Crippen LogP contribution < -0.4 is 10.6 Å². The molecule has 1 fully saturated rings. The van der Waals surface area contributed by atoms with Crippen molar-refractivity contribution in [1.29, 1.82) is 0 Å². The normalized spacial score (nSPS) is 17.0. The van der Waals surface area contributed by atoms with Gasteiger partial charge in [0.15, 0.2) is 0 Å². The second-order valence-electron chi connectivity index (χ2n) is 5.06. The Morgan fingerprint density at radius 1 is 1.27 bits per heavy atom. The molecule has 1 aliphatic rings. The molecule has 0 bridgehead atoms. The van der Waals surface area contributed by atoms with Crippen molar-refractivity contribution >= 4 is 40.2 Å².